The van der Waals surface area contributed by atoms with Crippen molar-refractivity contribution in [1.82, 2.24) is 9.88 Å². The van der Waals surface area contributed by atoms with E-state index in [1.54, 1.807) is 19.2 Å². The third-order valence-corrected chi connectivity index (χ3v) is 2.16. The van der Waals surface area contributed by atoms with Gasteiger partial charge in [0.15, 0.2) is 0 Å². The number of nitrogens with one attached hydrogen (secondary N) is 1. The molecule has 0 saturated heterocycles. The van der Waals surface area contributed by atoms with E-state index < -0.39 is 4.92 Å². The van der Waals surface area contributed by atoms with E-state index in [2.05, 4.69) is 10.3 Å². The lowest BCUT2D eigenvalue weighted by atomic mass is 10.2. The van der Waals surface area contributed by atoms with Gasteiger partial charge >= 0.3 is 5.69 Å². The highest BCUT2D eigenvalue weighted by molar-refractivity contribution is 5.59. The topological polar surface area (TPSA) is 71.3 Å². The van der Waals surface area contributed by atoms with Crippen molar-refractivity contribution >= 4 is 11.5 Å². The second-order valence-corrected chi connectivity index (χ2v) is 3.81. The Hall–Kier alpha value is -1.69. The summed E-state index contributed by atoms with van der Waals surface area (Å²) in [6.07, 6.45) is 1.57. The smallest absolute Gasteiger partial charge is 0.314 e. The van der Waals surface area contributed by atoms with Gasteiger partial charge in [0.25, 0.3) is 0 Å². The van der Waals surface area contributed by atoms with E-state index >= 15 is 0 Å². The van der Waals surface area contributed by atoms with Crippen molar-refractivity contribution in [3.63, 3.8) is 0 Å². The SMILES string of the molecule is Cc1ccnc(NCCN(C)C)c1[N+](=O)[O-]. The molecule has 6 nitrogen and oxygen atoms in total. The molecule has 16 heavy (non-hydrogen) atoms. The fourth-order valence-electron chi connectivity index (χ4n) is 1.31. The molecule has 0 atom stereocenters. The van der Waals surface area contributed by atoms with Crippen molar-refractivity contribution in [2.24, 2.45) is 0 Å². The van der Waals surface area contributed by atoms with Gasteiger partial charge in [0.2, 0.25) is 5.82 Å². The van der Waals surface area contributed by atoms with Gasteiger partial charge in [-0.05, 0) is 27.1 Å². The molecular formula is C10H16N4O2. The first-order chi connectivity index (χ1) is 7.52. The quantitative estimate of drug-likeness (QED) is 0.602. The minimum absolute atomic E-state index is 0.0567. The molecule has 0 spiro atoms. The van der Waals surface area contributed by atoms with Crippen molar-refractivity contribution in [2.75, 3.05) is 32.5 Å². The third-order valence-electron chi connectivity index (χ3n) is 2.16. The molecule has 1 aromatic heterocycles. The maximum atomic E-state index is 10.9. The second kappa shape index (κ2) is 5.41. The molecule has 0 aliphatic rings. The molecule has 0 unspecified atom stereocenters. The molecule has 6 heteroatoms. The van der Waals surface area contributed by atoms with Crippen LogP contribution in [0.15, 0.2) is 12.3 Å². The monoisotopic (exact) mass is 224 g/mol. The summed E-state index contributed by atoms with van der Waals surface area (Å²) in [5, 5.41) is 13.8. The molecule has 88 valence electrons. The van der Waals surface area contributed by atoms with Gasteiger partial charge in [-0.2, -0.15) is 0 Å². The first kappa shape index (κ1) is 12.4. The summed E-state index contributed by atoms with van der Waals surface area (Å²) in [4.78, 5) is 16.4. The normalized spacial score (nSPS) is 10.5. The number of pyridine rings is 1. The zero-order valence-corrected chi connectivity index (χ0v) is 9.73. The summed E-state index contributed by atoms with van der Waals surface area (Å²) in [6, 6.07) is 1.63. The van der Waals surface area contributed by atoms with Crippen LogP contribution in [0.3, 0.4) is 0 Å². The van der Waals surface area contributed by atoms with Crippen LogP contribution in [0.25, 0.3) is 0 Å². The molecule has 1 N–H and O–H groups in total. The van der Waals surface area contributed by atoms with E-state index in [0.717, 1.165) is 6.54 Å². The number of likely N-dealkylation sites (N-methyl/N-ethyl adjacent to an activating group) is 1. The molecule has 0 bridgehead atoms. The number of rotatable bonds is 5. The van der Waals surface area contributed by atoms with Crippen LogP contribution in [0.1, 0.15) is 5.56 Å². The highest BCUT2D eigenvalue weighted by Gasteiger charge is 2.17. The van der Waals surface area contributed by atoms with Gasteiger partial charge in [-0.25, -0.2) is 4.98 Å². The number of nitro groups is 1. The molecule has 1 aromatic rings. The highest BCUT2D eigenvalue weighted by Crippen LogP contribution is 2.24. The van der Waals surface area contributed by atoms with Crippen molar-refractivity contribution < 1.29 is 4.92 Å². The van der Waals surface area contributed by atoms with Crippen LogP contribution in [0.2, 0.25) is 0 Å². The summed E-state index contributed by atoms with van der Waals surface area (Å²) >= 11 is 0. The van der Waals surface area contributed by atoms with E-state index in [-0.39, 0.29) is 5.69 Å². The van der Waals surface area contributed by atoms with E-state index in [4.69, 9.17) is 0 Å². The Kier molecular flexibility index (Phi) is 4.19. The number of hydrogen-bond donors (Lipinski definition) is 1. The van der Waals surface area contributed by atoms with Crippen LogP contribution >= 0.6 is 0 Å². The molecule has 0 saturated carbocycles. The largest absolute Gasteiger partial charge is 0.363 e. The molecule has 0 aromatic carbocycles. The average molecular weight is 224 g/mol. The molecule has 1 rings (SSSR count). The van der Waals surface area contributed by atoms with E-state index in [1.165, 1.54) is 0 Å². The Morgan fingerprint density at radius 3 is 2.81 bits per heavy atom. The first-order valence-electron chi connectivity index (χ1n) is 5.01. The van der Waals surface area contributed by atoms with Crippen LogP contribution < -0.4 is 5.32 Å². The summed E-state index contributed by atoms with van der Waals surface area (Å²) in [5.41, 5.74) is 0.675. The Bertz CT molecular complexity index is 379. The van der Waals surface area contributed by atoms with E-state index in [9.17, 15) is 10.1 Å². The third kappa shape index (κ3) is 3.16. The number of aryl methyl sites for hydroxylation is 1. The minimum atomic E-state index is -0.402. The van der Waals surface area contributed by atoms with Gasteiger partial charge in [-0.1, -0.05) is 0 Å². The predicted octanol–water partition coefficient (Wildman–Crippen LogP) is 1.27. The Labute approximate surface area is 94.4 Å². The van der Waals surface area contributed by atoms with Gasteiger partial charge < -0.3 is 10.2 Å². The van der Waals surface area contributed by atoms with Crippen molar-refractivity contribution in [3.05, 3.63) is 27.9 Å². The van der Waals surface area contributed by atoms with Gasteiger partial charge in [-0.3, -0.25) is 10.1 Å². The molecular weight excluding hydrogens is 208 g/mol. The lowest BCUT2D eigenvalue weighted by Gasteiger charge is -2.11. The van der Waals surface area contributed by atoms with Crippen LogP contribution in [0.4, 0.5) is 11.5 Å². The van der Waals surface area contributed by atoms with Gasteiger partial charge in [-0.15, -0.1) is 0 Å². The van der Waals surface area contributed by atoms with Gasteiger partial charge in [0.05, 0.1) is 4.92 Å². The minimum Gasteiger partial charge on any atom is -0.363 e. The van der Waals surface area contributed by atoms with Crippen LogP contribution in [0, 0.1) is 17.0 Å². The zero-order valence-electron chi connectivity index (χ0n) is 9.73. The molecule has 0 aliphatic heterocycles. The fraction of sp³-hybridized carbons (Fsp3) is 0.500. The first-order valence-corrected chi connectivity index (χ1v) is 5.01. The van der Waals surface area contributed by atoms with Crippen LogP contribution in [-0.2, 0) is 0 Å². The Balaban J connectivity index is 2.79. The Morgan fingerprint density at radius 1 is 1.56 bits per heavy atom. The number of hydrogen-bond acceptors (Lipinski definition) is 5. The summed E-state index contributed by atoms with van der Waals surface area (Å²) in [6.45, 7) is 3.13. The van der Waals surface area contributed by atoms with Crippen LogP contribution in [-0.4, -0.2) is 42.0 Å². The lowest BCUT2D eigenvalue weighted by molar-refractivity contribution is -0.384. The fourth-order valence-corrected chi connectivity index (χ4v) is 1.31. The van der Waals surface area contributed by atoms with Crippen LogP contribution in [0.5, 0.6) is 0 Å². The zero-order chi connectivity index (χ0) is 12.1. The molecule has 0 amide bonds. The predicted molar refractivity (Wildman–Crippen MR) is 62.7 cm³/mol. The van der Waals surface area contributed by atoms with Gasteiger partial charge in [0, 0.05) is 24.8 Å². The van der Waals surface area contributed by atoms with E-state index in [1.807, 2.05) is 19.0 Å². The lowest BCUT2D eigenvalue weighted by Crippen LogP contribution is -2.21. The maximum absolute atomic E-state index is 10.9. The van der Waals surface area contributed by atoms with Crippen molar-refractivity contribution in [2.45, 2.75) is 6.92 Å². The maximum Gasteiger partial charge on any atom is 0.314 e. The summed E-state index contributed by atoms with van der Waals surface area (Å²) in [5.74, 6) is 0.340. The summed E-state index contributed by atoms with van der Waals surface area (Å²) in [7, 11) is 3.89. The second-order valence-electron chi connectivity index (χ2n) is 3.81. The summed E-state index contributed by atoms with van der Waals surface area (Å²) < 4.78 is 0. The molecule has 0 aliphatic carbocycles. The molecule has 0 radical (unpaired) electrons. The van der Waals surface area contributed by atoms with Crippen molar-refractivity contribution in [3.8, 4) is 0 Å². The standard InChI is InChI=1S/C10H16N4O2/c1-8-4-5-11-10(9(8)14(15)16)12-6-7-13(2)3/h4-5H,6-7H2,1-3H3,(H,11,12). The number of aromatic nitrogens is 1. The number of anilines is 1. The average Bonchev–Trinajstić information content (AvgIpc) is 2.16. The molecule has 0 fully saturated rings. The van der Waals surface area contributed by atoms with Gasteiger partial charge in [0.1, 0.15) is 0 Å². The number of nitrogens with zero attached hydrogens (tertiary/aromatic N) is 3. The van der Waals surface area contributed by atoms with Crippen molar-refractivity contribution in [1.29, 1.82) is 0 Å². The molecule has 1 heterocycles. The Morgan fingerprint density at radius 2 is 2.25 bits per heavy atom. The van der Waals surface area contributed by atoms with E-state index in [0.29, 0.717) is 17.9 Å². The highest BCUT2D eigenvalue weighted by atomic mass is 16.6.